The van der Waals surface area contributed by atoms with Gasteiger partial charge in [-0.3, -0.25) is 28.8 Å². The molecule has 2 saturated carbocycles. The predicted octanol–water partition coefficient (Wildman–Crippen LogP) is 4.95. The second-order valence-corrected chi connectivity index (χ2v) is 14.4. The molecule has 4 heterocycles. The number of aromatic nitrogens is 2. The van der Waals surface area contributed by atoms with Gasteiger partial charge in [-0.15, -0.1) is 0 Å². The van der Waals surface area contributed by atoms with Crippen molar-refractivity contribution in [3.8, 4) is 22.3 Å². The van der Waals surface area contributed by atoms with Crippen LogP contribution in [0.4, 0.5) is 0 Å². The van der Waals surface area contributed by atoms with E-state index >= 15 is 0 Å². The number of nitrogens with zero attached hydrogens (tertiary/aromatic N) is 2. The van der Waals surface area contributed by atoms with E-state index in [1.165, 1.54) is 0 Å². The summed E-state index contributed by atoms with van der Waals surface area (Å²) in [4.78, 5) is 73.4. The quantitative estimate of drug-likeness (QED) is 0.133. The first kappa shape index (κ1) is 37.6. The van der Waals surface area contributed by atoms with Crippen molar-refractivity contribution in [2.24, 2.45) is 0 Å². The number of Topliss-reactive ketones (excluding diaryl/α,β-unsaturated/α-hetero) is 2. The standard InChI is InChI=1S/2C21H20N2O5/c24-15(25)12-22-20(28)16-18(26)17-14(13-6-2-1-3-7-13)8-11-23(17)21(19(16)27)9-4-5-10-21;24-16(25)11-22-20(28)17-18(26)15-10-14(13-6-2-1-3-7-13)12-23(15)21(19(17)27)8-4-5-9-21/h1-3,6-8,11,26H,4-5,9-10,12H2,(H,22,28)(H,24,25);1-3,6-7,10,12,26H,4-5,8-9,11H2,(H,22,28)(H,24,25). The van der Waals surface area contributed by atoms with Crippen LogP contribution in [0, 0.1) is 0 Å². The molecule has 2 spiro atoms. The smallest absolute Gasteiger partial charge is 0.322 e. The summed E-state index contributed by atoms with van der Waals surface area (Å²) in [6.45, 7) is -1.24. The van der Waals surface area contributed by atoms with Crippen LogP contribution in [0.3, 0.4) is 0 Å². The van der Waals surface area contributed by atoms with Gasteiger partial charge < -0.3 is 40.2 Å². The zero-order valence-electron chi connectivity index (χ0n) is 30.3. The highest BCUT2D eigenvalue weighted by atomic mass is 16.4. The van der Waals surface area contributed by atoms with Crippen LogP contribution < -0.4 is 10.6 Å². The first-order chi connectivity index (χ1) is 26.9. The number of amides is 2. The Morgan fingerprint density at radius 2 is 1.07 bits per heavy atom. The molecule has 4 aromatic rings. The van der Waals surface area contributed by atoms with Crippen molar-refractivity contribution in [2.45, 2.75) is 62.4 Å². The number of nitrogens with one attached hydrogen (secondary N) is 2. The molecule has 2 aromatic carbocycles. The molecule has 4 aliphatic rings. The number of aliphatic carboxylic acids is 2. The second-order valence-electron chi connectivity index (χ2n) is 14.4. The molecule has 0 bridgehead atoms. The number of carbonyl (C=O) groups excluding carboxylic acids is 4. The van der Waals surface area contributed by atoms with Crippen LogP contribution >= 0.6 is 0 Å². The van der Waals surface area contributed by atoms with E-state index in [9.17, 15) is 39.0 Å². The molecule has 0 saturated heterocycles. The van der Waals surface area contributed by atoms with Crippen LogP contribution in [0.25, 0.3) is 33.8 Å². The van der Waals surface area contributed by atoms with Gasteiger partial charge in [0.25, 0.3) is 11.8 Å². The van der Waals surface area contributed by atoms with Gasteiger partial charge in [0.05, 0.1) is 11.4 Å². The lowest BCUT2D eigenvalue weighted by Gasteiger charge is -2.36. The van der Waals surface area contributed by atoms with Gasteiger partial charge in [0.2, 0.25) is 0 Å². The fourth-order valence-corrected chi connectivity index (χ4v) is 8.58. The Morgan fingerprint density at radius 3 is 1.57 bits per heavy atom. The average Bonchev–Trinajstić information content (AvgIpc) is 4.03. The Kier molecular flexibility index (Phi) is 9.97. The summed E-state index contributed by atoms with van der Waals surface area (Å²) in [5.41, 5.74) is 1.66. The number of carbonyl (C=O) groups is 6. The topological polar surface area (TPSA) is 217 Å². The minimum Gasteiger partial charge on any atom is -0.505 e. The van der Waals surface area contributed by atoms with Gasteiger partial charge in [-0.05, 0) is 48.9 Å². The summed E-state index contributed by atoms with van der Waals surface area (Å²) in [6, 6.07) is 22.6. The third-order valence-corrected chi connectivity index (χ3v) is 11.2. The van der Waals surface area contributed by atoms with Gasteiger partial charge in [0.1, 0.15) is 35.3 Å². The third-order valence-electron chi connectivity index (χ3n) is 11.2. The molecular formula is C42H40N4O10. The fraction of sp³-hybridized carbons (Fsp3) is 0.286. The Hall–Kier alpha value is -6.70. The van der Waals surface area contributed by atoms with Crippen LogP contribution in [0.15, 0.2) is 96.3 Å². The van der Waals surface area contributed by atoms with E-state index in [1.54, 1.807) is 21.4 Å². The number of hydrogen-bond donors (Lipinski definition) is 6. The number of aliphatic hydroxyl groups excluding tert-OH is 2. The van der Waals surface area contributed by atoms with Gasteiger partial charge in [-0.25, -0.2) is 0 Å². The van der Waals surface area contributed by atoms with E-state index in [-0.39, 0.29) is 11.1 Å². The van der Waals surface area contributed by atoms with E-state index in [4.69, 9.17) is 10.2 Å². The van der Waals surface area contributed by atoms with Gasteiger partial charge >= 0.3 is 11.9 Å². The molecule has 2 aliphatic heterocycles. The van der Waals surface area contributed by atoms with Crippen molar-refractivity contribution in [1.82, 2.24) is 19.8 Å². The molecule has 56 heavy (non-hydrogen) atoms. The zero-order valence-corrected chi connectivity index (χ0v) is 30.3. The largest absolute Gasteiger partial charge is 0.505 e. The lowest BCUT2D eigenvalue weighted by Crippen LogP contribution is -2.47. The number of carboxylic acids is 2. The molecule has 0 unspecified atom stereocenters. The molecule has 8 rings (SSSR count). The summed E-state index contributed by atoms with van der Waals surface area (Å²) in [6.07, 6.45) is 9.32. The Morgan fingerprint density at radius 1 is 0.607 bits per heavy atom. The van der Waals surface area contributed by atoms with Crippen LogP contribution in [0.5, 0.6) is 0 Å². The molecule has 0 atom stereocenters. The van der Waals surface area contributed by atoms with Crippen LogP contribution in [-0.2, 0) is 39.8 Å². The van der Waals surface area contributed by atoms with Crippen molar-refractivity contribution >= 4 is 46.8 Å². The molecule has 2 aliphatic carbocycles. The molecular weight excluding hydrogens is 720 g/mol. The van der Waals surface area contributed by atoms with E-state index in [2.05, 4.69) is 10.6 Å². The normalized spacial score (nSPS) is 17.6. The minimum absolute atomic E-state index is 0.353. The lowest BCUT2D eigenvalue weighted by molar-refractivity contribution is -0.138. The highest BCUT2D eigenvalue weighted by Crippen LogP contribution is 2.48. The van der Waals surface area contributed by atoms with Crippen LogP contribution in [-0.4, -0.2) is 78.0 Å². The number of benzene rings is 2. The lowest BCUT2D eigenvalue weighted by atomic mass is 9.82. The van der Waals surface area contributed by atoms with E-state index < -0.39 is 71.0 Å². The summed E-state index contributed by atoms with van der Waals surface area (Å²) in [5.74, 6) is -5.88. The van der Waals surface area contributed by atoms with Gasteiger partial charge in [0, 0.05) is 23.5 Å². The van der Waals surface area contributed by atoms with E-state index in [0.717, 1.165) is 47.9 Å². The van der Waals surface area contributed by atoms with Crippen molar-refractivity contribution in [1.29, 1.82) is 0 Å². The average molecular weight is 761 g/mol. The van der Waals surface area contributed by atoms with E-state index in [0.29, 0.717) is 37.1 Å². The van der Waals surface area contributed by atoms with Crippen molar-refractivity contribution < 1.29 is 49.2 Å². The van der Waals surface area contributed by atoms with Gasteiger partial charge in [-0.1, -0.05) is 86.3 Å². The number of aliphatic hydroxyl groups is 2. The molecule has 6 N–H and O–H groups in total. The molecule has 2 fully saturated rings. The van der Waals surface area contributed by atoms with Crippen LogP contribution in [0.1, 0.15) is 62.8 Å². The highest BCUT2D eigenvalue weighted by molar-refractivity contribution is 6.28. The number of fused-ring (bicyclic) bond motifs is 4. The fourth-order valence-electron chi connectivity index (χ4n) is 8.58. The molecule has 0 radical (unpaired) electrons. The number of carboxylic acid groups (broad SMARTS) is 2. The Labute approximate surface area is 320 Å². The maximum atomic E-state index is 13.3. The molecule has 14 nitrogen and oxygen atoms in total. The molecule has 14 heteroatoms. The summed E-state index contributed by atoms with van der Waals surface area (Å²) in [7, 11) is 0. The first-order valence-corrected chi connectivity index (χ1v) is 18.4. The number of hydrogen-bond acceptors (Lipinski definition) is 8. The van der Waals surface area contributed by atoms with Crippen molar-refractivity contribution in [3.05, 3.63) is 108 Å². The van der Waals surface area contributed by atoms with Crippen molar-refractivity contribution in [3.63, 3.8) is 0 Å². The Bertz CT molecular complexity index is 2310. The predicted molar refractivity (Wildman–Crippen MR) is 203 cm³/mol. The third kappa shape index (κ3) is 6.36. The summed E-state index contributed by atoms with van der Waals surface area (Å²) in [5, 5.41) is 43.7. The highest BCUT2D eigenvalue weighted by Gasteiger charge is 2.52. The first-order valence-electron chi connectivity index (χ1n) is 18.4. The summed E-state index contributed by atoms with van der Waals surface area (Å²) < 4.78 is 3.60. The zero-order chi connectivity index (χ0) is 39.8. The molecule has 2 aromatic heterocycles. The maximum absolute atomic E-state index is 13.3. The molecule has 2 amide bonds. The number of rotatable bonds is 8. The summed E-state index contributed by atoms with van der Waals surface area (Å²) >= 11 is 0. The van der Waals surface area contributed by atoms with Gasteiger partial charge in [0.15, 0.2) is 23.1 Å². The minimum atomic E-state index is -1.22. The van der Waals surface area contributed by atoms with E-state index in [1.807, 2.05) is 72.9 Å². The monoisotopic (exact) mass is 760 g/mol. The number of ketones is 2. The second kappa shape index (κ2) is 14.9. The maximum Gasteiger partial charge on any atom is 0.322 e. The van der Waals surface area contributed by atoms with Crippen molar-refractivity contribution in [2.75, 3.05) is 13.1 Å². The Balaban J connectivity index is 0.000000172. The van der Waals surface area contributed by atoms with Crippen LogP contribution in [0.2, 0.25) is 0 Å². The van der Waals surface area contributed by atoms with Gasteiger partial charge in [-0.2, -0.15) is 0 Å². The SMILES string of the molecule is O=C(O)CNC(=O)C1=C(O)c2c(-c3ccccc3)ccn2C2(CCCC2)C1=O.O=C(O)CNC(=O)C1=C(O)c2cc(-c3ccccc3)cn2C2(CCCC2)C1=O. The molecule has 288 valence electrons.